The molecular weight excluding hydrogens is 512 g/mol. The van der Waals surface area contributed by atoms with Gasteiger partial charge in [0.05, 0.1) is 26.2 Å². The van der Waals surface area contributed by atoms with E-state index in [0.29, 0.717) is 47.5 Å². The predicted molar refractivity (Wildman–Crippen MR) is 148 cm³/mol. The molecule has 1 aliphatic heterocycles. The van der Waals surface area contributed by atoms with Gasteiger partial charge in [-0.3, -0.25) is 0 Å². The van der Waals surface area contributed by atoms with Gasteiger partial charge in [0, 0.05) is 11.6 Å². The molecule has 0 spiro atoms. The summed E-state index contributed by atoms with van der Waals surface area (Å²) in [6, 6.07) is 19.7. The van der Waals surface area contributed by atoms with Gasteiger partial charge in [-0.25, -0.2) is 4.79 Å². The van der Waals surface area contributed by atoms with Crippen LogP contribution in [0.2, 0.25) is 0 Å². The SMILES string of the molecule is CCCCOc1ccc(C2C(C#N)=C(N)Oc3cc(OC(=O)COc4ccccc4OC)ccc32)cc1OCC. The normalized spacial score (nSPS) is 13.9. The number of methoxy groups -OCH3 is 1. The Bertz CT molecular complexity index is 1430. The molecular formula is C31H32N2O7. The van der Waals surface area contributed by atoms with Crippen LogP contribution in [0.3, 0.4) is 0 Å². The number of hydrogen-bond acceptors (Lipinski definition) is 9. The number of allylic oxidation sites excluding steroid dienone is 1. The van der Waals surface area contributed by atoms with Crippen molar-refractivity contribution in [2.24, 2.45) is 5.73 Å². The molecule has 0 aromatic heterocycles. The molecule has 0 radical (unpaired) electrons. The van der Waals surface area contributed by atoms with Crippen LogP contribution in [-0.2, 0) is 4.79 Å². The molecule has 1 heterocycles. The quantitative estimate of drug-likeness (QED) is 0.179. The Balaban J connectivity index is 1.57. The number of carbonyl (C=O) groups is 1. The molecule has 9 nitrogen and oxygen atoms in total. The molecule has 1 aliphatic rings. The first-order valence-corrected chi connectivity index (χ1v) is 13.1. The standard InChI is InChI=1S/C31H32N2O7/c1-4-6-15-37-26-14-11-20(16-28(26)36-5-2)30-22-13-12-21(17-27(22)40-31(33)23(30)18-32)39-29(34)19-38-25-10-8-7-9-24(25)35-3/h7-14,16-17,30H,4-6,15,19,33H2,1-3H3. The van der Waals surface area contributed by atoms with E-state index in [-0.39, 0.29) is 23.8 Å². The summed E-state index contributed by atoms with van der Waals surface area (Å²) >= 11 is 0. The van der Waals surface area contributed by atoms with Crippen molar-refractivity contribution in [3.05, 3.63) is 83.2 Å². The molecule has 3 aromatic carbocycles. The average Bonchev–Trinajstić information content (AvgIpc) is 2.96. The number of unbranched alkanes of at least 4 members (excludes halogenated alkanes) is 1. The van der Waals surface area contributed by atoms with Crippen LogP contribution in [0.15, 0.2) is 72.1 Å². The number of esters is 1. The largest absolute Gasteiger partial charge is 0.493 e. The topological polar surface area (TPSA) is 122 Å². The summed E-state index contributed by atoms with van der Waals surface area (Å²) in [7, 11) is 1.52. The molecule has 1 atom stereocenters. The van der Waals surface area contributed by atoms with Gasteiger partial charge in [0.25, 0.3) is 0 Å². The molecule has 0 saturated heterocycles. The third kappa shape index (κ3) is 6.41. The molecule has 1 unspecified atom stereocenters. The summed E-state index contributed by atoms with van der Waals surface area (Å²) in [5.74, 6) is 1.62. The molecule has 40 heavy (non-hydrogen) atoms. The van der Waals surface area contributed by atoms with Crippen molar-refractivity contribution in [3.8, 4) is 40.6 Å². The zero-order chi connectivity index (χ0) is 28.5. The minimum absolute atomic E-state index is 0.0239. The lowest BCUT2D eigenvalue weighted by Crippen LogP contribution is -2.22. The van der Waals surface area contributed by atoms with E-state index in [9.17, 15) is 10.1 Å². The highest BCUT2D eigenvalue weighted by Crippen LogP contribution is 2.45. The molecule has 208 valence electrons. The number of nitrogens with two attached hydrogens (primary N) is 1. The van der Waals surface area contributed by atoms with E-state index in [1.165, 1.54) is 7.11 Å². The number of para-hydroxylation sites is 2. The van der Waals surface area contributed by atoms with Gasteiger partial charge in [-0.1, -0.05) is 37.6 Å². The van der Waals surface area contributed by atoms with Crippen molar-refractivity contribution in [2.45, 2.75) is 32.6 Å². The number of rotatable bonds is 12. The van der Waals surface area contributed by atoms with Gasteiger partial charge in [-0.2, -0.15) is 5.26 Å². The van der Waals surface area contributed by atoms with Gasteiger partial charge in [-0.15, -0.1) is 0 Å². The van der Waals surface area contributed by atoms with Gasteiger partial charge in [0.15, 0.2) is 29.6 Å². The number of hydrogen-bond donors (Lipinski definition) is 1. The summed E-state index contributed by atoms with van der Waals surface area (Å²) in [4.78, 5) is 12.5. The van der Waals surface area contributed by atoms with E-state index in [0.717, 1.165) is 18.4 Å². The smallest absolute Gasteiger partial charge is 0.349 e. The van der Waals surface area contributed by atoms with Crippen molar-refractivity contribution in [1.82, 2.24) is 0 Å². The second-order valence-corrected chi connectivity index (χ2v) is 8.88. The molecule has 9 heteroatoms. The molecule has 0 bridgehead atoms. The average molecular weight is 545 g/mol. The lowest BCUT2D eigenvalue weighted by molar-refractivity contribution is -0.136. The lowest BCUT2D eigenvalue weighted by Gasteiger charge is -2.27. The number of ether oxygens (including phenoxy) is 6. The van der Waals surface area contributed by atoms with Crippen molar-refractivity contribution in [1.29, 1.82) is 5.26 Å². The maximum Gasteiger partial charge on any atom is 0.349 e. The molecule has 0 fully saturated rings. The number of fused-ring (bicyclic) bond motifs is 1. The highest BCUT2D eigenvalue weighted by atomic mass is 16.6. The van der Waals surface area contributed by atoms with E-state index in [4.69, 9.17) is 34.2 Å². The van der Waals surface area contributed by atoms with Crippen molar-refractivity contribution < 1.29 is 33.2 Å². The molecule has 0 saturated carbocycles. The van der Waals surface area contributed by atoms with Crippen molar-refractivity contribution in [3.63, 3.8) is 0 Å². The summed E-state index contributed by atoms with van der Waals surface area (Å²) < 4.78 is 33.8. The van der Waals surface area contributed by atoms with E-state index >= 15 is 0 Å². The first-order valence-electron chi connectivity index (χ1n) is 13.1. The van der Waals surface area contributed by atoms with E-state index in [1.807, 2.05) is 25.1 Å². The third-order valence-electron chi connectivity index (χ3n) is 6.19. The highest BCUT2D eigenvalue weighted by molar-refractivity contribution is 5.74. The van der Waals surface area contributed by atoms with Gasteiger partial charge in [-0.05, 0) is 49.2 Å². The van der Waals surface area contributed by atoms with Crippen molar-refractivity contribution in [2.75, 3.05) is 26.9 Å². The van der Waals surface area contributed by atoms with Crippen LogP contribution in [0.5, 0.6) is 34.5 Å². The molecule has 4 rings (SSSR count). The minimum Gasteiger partial charge on any atom is -0.493 e. The summed E-state index contributed by atoms with van der Waals surface area (Å²) in [6.45, 7) is 4.71. The van der Waals surface area contributed by atoms with Crippen LogP contribution in [0.1, 0.15) is 43.7 Å². The Morgan fingerprint density at radius 1 is 0.975 bits per heavy atom. The van der Waals surface area contributed by atoms with Crippen molar-refractivity contribution >= 4 is 5.97 Å². The van der Waals surface area contributed by atoms with Crippen LogP contribution in [0.25, 0.3) is 0 Å². The van der Waals surface area contributed by atoms with Gasteiger partial charge in [0.2, 0.25) is 5.88 Å². The number of nitrogens with zero attached hydrogens (tertiary/aromatic N) is 1. The third-order valence-corrected chi connectivity index (χ3v) is 6.19. The number of benzene rings is 3. The highest BCUT2D eigenvalue weighted by Gasteiger charge is 2.32. The zero-order valence-corrected chi connectivity index (χ0v) is 22.8. The lowest BCUT2D eigenvalue weighted by atomic mass is 9.83. The zero-order valence-electron chi connectivity index (χ0n) is 22.8. The fraction of sp³-hybridized carbons (Fsp3) is 0.290. The van der Waals surface area contributed by atoms with Gasteiger partial charge in [0.1, 0.15) is 23.1 Å². The van der Waals surface area contributed by atoms with Crippen LogP contribution in [0, 0.1) is 11.3 Å². The van der Waals surface area contributed by atoms with E-state index in [2.05, 4.69) is 13.0 Å². The fourth-order valence-electron chi connectivity index (χ4n) is 4.30. The maximum absolute atomic E-state index is 12.5. The monoisotopic (exact) mass is 544 g/mol. The van der Waals surface area contributed by atoms with Crippen LogP contribution in [-0.4, -0.2) is 32.9 Å². The first kappa shape index (κ1) is 28.2. The molecule has 2 N–H and O–H groups in total. The first-order chi connectivity index (χ1) is 19.5. The Hall–Kier alpha value is -4.84. The fourth-order valence-corrected chi connectivity index (χ4v) is 4.30. The number of carbonyl (C=O) groups excluding carboxylic acids is 1. The Morgan fingerprint density at radius 2 is 1.75 bits per heavy atom. The van der Waals surface area contributed by atoms with Crippen LogP contribution < -0.4 is 34.2 Å². The summed E-state index contributed by atoms with van der Waals surface area (Å²) in [5.41, 5.74) is 7.91. The van der Waals surface area contributed by atoms with Gasteiger partial charge < -0.3 is 34.2 Å². The van der Waals surface area contributed by atoms with Crippen LogP contribution >= 0.6 is 0 Å². The Labute approximate surface area is 233 Å². The Morgan fingerprint density at radius 3 is 2.48 bits per heavy atom. The van der Waals surface area contributed by atoms with Gasteiger partial charge >= 0.3 is 5.97 Å². The van der Waals surface area contributed by atoms with E-state index in [1.54, 1.807) is 42.5 Å². The predicted octanol–water partition coefficient (Wildman–Crippen LogP) is 5.48. The van der Waals surface area contributed by atoms with E-state index < -0.39 is 11.9 Å². The summed E-state index contributed by atoms with van der Waals surface area (Å²) in [6.07, 6.45) is 1.95. The number of nitriles is 1. The minimum atomic E-state index is -0.612. The molecule has 3 aromatic rings. The second kappa shape index (κ2) is 13.3. The maximum atomic E-state index is 12.5. The molecule has 0 amide bonds. The summed E-state index contributed by atoms with van der Waals surface area (Å²) in [5, 5.41) is 9.94. The molecule has 0 aliphatic carbocycles. The van der Waals surface area contributed by atoms with Crippen LogP contribution in [0.4, 0.5) is 0 Å². The second-order valence-electron chi connectivity index (χ2n) is 8.88. The Kier molecular flexibility index (Phi) is 9.36.